The van der Waals surface area contributed by atoms with Gasteiger partial charge in [0.05, 0.1) is 5.75 Å². The van der Waals surface area contributed by atoms with Crippen LogP contribution in [0, 0.1) is 6.92 Å². The number of aryl methyl sites for hydroxylation is 1. The molecular weight excluding hydrogens is 330 g/mol. The van der Waals surface area contributed by atoms with Gasteiger partial charge in [-0.25, -0.2) is 15.0 Å². The number of anilines is 1. The molecule has 3 heterocycles. The fourth-order valence-corrected chi connectivity index (χ4v) is 4.19. The standard InChI is InChI=1S/C15H19N5OS2/c1-12-10-22-15(18-12)23-11-13(21)19-6-3-7-20(9-8-19)14-16-4-2-5-17-14/h2,4-5,10H,3,6-9,11H2,1H3. The van der Waals surface area contributed by atoms with Gasteiger partial charge in [0.2, 0.25) is 11.9 Å². The van der Waals surface area contributed by atoms with E-state index < -0.39 is 0 Å². The molecule has 1 aliphatic rings. The lowest BCUT2D eigenvalue weighted by Gasteiger charge is -2.21. The highest BCUT2D eigenvalue weighted by atomic mass is 32.2. The van der Waals surface area contributed by atoms with E-state index in [1.165, 1.54) is 11.8 Å². The molecule has 0 saturated carbocycles. The second-order valence-corrected chi connectivity index (χ2v) is 7.39. The summed E-state index contributed by atoms with van der Waals surface area (Å²) in [5, 5.41) is 2.01. The monoisotopic (exact) mass is 349 g/mol. The molecule has 8 heteroatoms. The lowest BCUT2D eigenvalue weighted by atomic mass is 10.4. The Morgan fingerprint density at radius 2 is 2.09 bits per heavy atom. The fourth-order valence-electron chi connectivity index (χ4n) is 2.43. The molecule has 1 fully saturated rings. The Morgan fingerprint density at radius 3 is 2.83 bits per heavy atom. The molecule has 122 valence electrons. The SMILES string of the molecule is Cc1csc(SCC(=O)N2CCCN(c3ncccn3)CC2)n1. The summed E-state index contributed by atoms with van der Waals surface area (Å²) in [6, 6.07) is 1.81. The van der Waals surface area contributed by atoms with Crippen LogP contribution < -0.4 is 4.90 Å². The number of hydrogen-bond donors (Lipinski definition) is 0. The van der Waals surface area contributed by atoms with E-state index in [-0.39, 0.29) is 5.91 Å². The van der Waals surface area contributed by atoms with Crippen LogP contribution in [0.3, 0.4) is 0 Å². The molecule has 1 amide bonds. The van der Waals surface area contributed by atoms with Gasteiger partial charge < -0.3 is 9.80 Å². The predicted octanol–water partition coefficient (Wildman–Crippen LogP) is 2.07. The van der Waals surface area contributed by atoms with Gasteiger partial charge in [-0.15, -0.1) is 11.3 Å². The van der Waals surface area contributed by atoms with E-state index in [1.54, 1.807) is 23.7 Å². The van der Waals surface area contributed by atoms with E-state index >= 15 is 0 Å². The minimum absolute atomic E-state index is 0.179. The van der Waals surface area contributed by atoms with Gasteiger partial charge in [0.15, 0.2) is 4.34 Å². The summed E-state index contributed by atoms with van der Waals surface area (Å²) < 4.78 is 0.963. The molecule has 1 saturated heterocycles. The van der Waals surface area contributed by atoms with Gasteiger partial charge in [-0.2, -0.15) is 0 Å². The first-order valence-corrected chi connectivity index (χ1v) is 9.43. The van der Waals surface area contributed by atoms with Gasteiger partial charge in [-0.1, -0.05) is 11.8 Å². The highest BCUT2D eigenvalue weighted by Gasteiger charge is 2.20. The third-order valence-electron chi connectivity index (χ3n) is 3.60. The molecule has 23 heavy (non-hydrogen) atoms. The van der Waals surface area contributed by atoms with Crippen LogP contribution in [-0.4, -0.2) is 57.7 Å². The van der Waals surface area contributed by atoms with E-state index in [4.69, 9.17) is 0 Å². The maximum Gasteiger partial charge on any atom is 0.233 e. The first-order chi connectivity index (χ1) is 11.2. The zero-order valence-corrected chi connectivity index (χ0v) is 14.6. The first kappa shape index (κ1) is 16.2. The highest BCUT2D eigenvalue weighted by Crippen LogP contribution is 2.22. The zero-order valence-electron chi connectivity index (χ0n) is 13.0. The summed E-state index contributed by atoms with van der Waals surface area (Å²) in [4.78, 5) is 29.5. The molecule has 2 aromatic rings. The number of carbonyl (C=O) groups excluding carboxylic acids is 1. The third kappa shape index (κ3) is 4.42. The summed E-state index contributed by atoms with van der Waals surface area (Å²) in [6.07, 6.45) is 4.44. The Kier molecular flexibility index (Phi) is 5.45. The van der Waals surface area contributed by atoms with Crippen LogP contribution >= 0.6 is 23.1 Å². The zero-order chi connectivity index (χ0) is 16.1. The number of hydrogen-bond acceptors (Lipinski definition) is 7. The normalized spacial score (nSPS) is 15.5. The number of thioether (sulfide) groups is 1. The number of thiazole rings is 1. The Balaban J connectivity index is 1.52. The van der Waals surface area contributed by atoms with E-state index in [9.17, 15) is 4.79 Å². The maximum atomic E-state index is 12.4. The lowest BCUT2D eigenvalue weighted by molar-refractivity contribution is -0.128. The van der Waals surface area contributed by atoms with Crippen LogP contribution in [0.1, 0.15) is 12.1 Å². The van der Waals surface area contributed by atoms with Crippen LogP contribution in [0.2, 0.25) is 0 Å². The Bertz CT molecular complexity index is 648. The summed E-state index contributed by atoms with van der Waals surface area (Å²) in [7, 11) is 0. The topological polar surface area (TPSA) is 62.2 Å². The summed E-state index contributed by atoms with van der Waals surface area (Å²) in [5.74, 6) is 1.38. The van der Waals surface area contributed by atoms with Gasteiger partial charge in [0.25, 0.3) is 0 Å². The minimum Gasteiger partial charge on any atom is -0.340 e. The van der Waals surface area contributed by atoms with Crippen molar-refractivity contribution in [3.63, 3.8) is 0 Å². The fraction of sp³-hybridized carbons (Fsp3) is 0.467. The number of carbonyl (C=O) groups is 1. The van der Waals surface area contributed by atoms with Gasteiger partial charge in [0, 0.05) is 49.6 Å². The predicted molar refractivity (Wildman–Crippen MR) is 93.0 cm³/mol. The molecule has 0 N–H and O–H groups in total. The summed E-state index contributed by atoms with van der Waals surface area (Å²) in [5.41, 5.74) is 1.01. The van der Waals surface area contributed by atoms with Crippen molar-refractivity contribution in [3.8, 4) is 0 Å². The second kappa shape index (κ2) is 7.74. The van der Waals surface area contributed by atoms with Crippen molar-refractivity contribution in [2.75, 3.05) is 36.8 Å². The van der Waals surface area contributed by atoms with Crippen molar-refractivity contribution >= 4 is 35.0 Å². The maximum absolute atomic E-state index is 12.4. The second-order valence-electron chi connectivity index (χ2n) is 5.31. The largest absolute Gasteiger partial charge is 0.340 e. The molecule has 0 aliphatic carbocycles. The molecule has 1 aliphatic heterocycles. The molecule has 3 rings (SSSR count). The number of amides is 1. The van der Waals surface area contributed by atoms with Gasteiger partial charge in [-0.3, -0.25) is 4.79 Å². The third-order valence-corrected chi connectivity index (χ3v) is 5.72. The lowest BCUT2D eigenvalue weighted by Crippen LogP contribution is -2.36. The Hall–Kier alpha value is -1.67. The summed E-state index contributed by atoms with van der Waals surface area (Å²) >= 11 is 3.12. The summed E-state index contributed by atoms with van der Waals surface area (Å²) in [6.45, 7) is 5.13. The number of rotatable bonds is 4. The van der Waals surface area contributed by atoms with E-state index in [0.29, 0.717) is 12.3 Å². The smallest absolute Gasteiger partial charge is 0.233 e. The van der Waals surface area contributed by atoms with Gasteiger partial charge in [-0.05, 0) is 19.4 Å². The molecule has 0 spiro atoms. The van der Waals surface area contributed by atoms with Crippen molar-refractivity contribution < 1.29 is 4.79 Å². The van der Waals surface area contributed by atoms with Gasteiger partial charge >= 0.3 is 0 Å². The molecule has 6 nitrogen and oxygen atoms in total. The van der Waals surface area contributed by atoms with Crippen LogP contribution in [0.15, 0.2) is 28.2 Å². The first-order valence-electron chi connectivity index (χ1n) is 7.57. The van der Waals surface area contributed by atoms with Crippen molar-refractivity contribution in [1.29, 1.82) is 0 Å². The van der Waals surface area contributed by atoms with Gasteiger partial charge in [0.1, 0.15) is 0 Å². The Morgan fingerprint density at radius 1 is 1.26 bits per heavy atom. The molecule has 0 atom stereocenters. The van der Waals surface area contributed by atoms with Crippen LogP contribution in [0.4, 0.5) is 5.95 Å². The van der Waals surface area contributed by atoms with Crippen LogP contribution in [-0.2, 0) is 4.79 Å². The molecule has 0 aromatic carbocycles. The highest BCUT2D eigenvalue weighted by molar-refractivity contribution is 8.01. The van der Waals surface area contributed by atoms with Crippen molar-refractivity contribution in [2.24, 2.45) is 0 Å². The van der Waals surface area contributed by atoms with Crippen molar-refractivity contribution in [2.45, 2.75) is 17.7 Å². The molecule has 0 bridgehead atoms. The van der Waals surface area contributed by atoms with Crippen LogP contribution in [0.25, 0.3) is 0 Å². The van der Waals surface area contributed by atoms with Crippen molar-refractivity contribution in [3.05, 3.63) is 29.5 Å². The minimum atomic E-state index is 0.179. The number of aromatic nitrogens is 3. The van der Waals surface area contributed by atoms with E-state index in [2.05, 4.69) is 19.9 Å². The van der Waals surface area contributed by atoms with Crippen LogP contribution in [0.5, 0.6) is 0 Å². The Labute approximate surface area is 144 Å². The molecule has 0 radical (unpaired) electrons. The molecular formula is C15H19N5OS2. The van der Waals surface area contributed by atoms with Crippen molar-refractivity contribution in [1.82, 2.24) is 19.9 Å². The molecule has 0 unspecified atom stereocenters. The van der Waals surface area contributed by atoms with E-state index in [0.717, 1.165) is 42.0 Å². The van der Waals surface area contributed by atoms with E-state index in [1.807, 2.05) is 23.3 Å². The average molecular weight is 349 g/mol. The molecule has 2 aromatic heterocycles. The quantitative estimate of drug-likeness (QED) is 0.788. The average Bonchev–Trinajstić information content (AvgIpc) is 2.85. The number of nitrogens with zero attached hydrogens (tertiary/aromatic N) is 5.